The summed E-state index contributed by atoms with van der Waals surface area (Å²) < 4.78 is 1.94. The molecule has 2 amide bonds. The fourth-order valence-corrected chi connectivity index (χ4v) is 5.63. The molecule has 3 aromatic rings. The standard InChI is InChI=1S/C28H34N6O2/c1-22(35)33-16-10-25-6-7-26(34(25)18-23-8-12-29-13-9-23)20-32(19-24-4-2-3-5-27(24)33)28(36)11-15-31-17-14-30-21-31/h2-5,8-9,12-14,17,21,25-26H,6-7,10-11,15-16,18-20H2,1H3. The minimum absolute atomic E-state index is 0.0370. The number of amides is 2. The smallest absolute Gasteiger partial charge is 0.224 e. The van der Waals surface area contributed by atoms with Crippen LogP contribution in [0.1, 0.15) is 43.7 Å². The van der Waals surface area contributed by atoms with Crippen molar-refractivity contribution in [3.8, 4) is 0 Å². The third-order valence-electron chi connectivity index (χ3n) is 7.52. The number of hydrogen-bond donors (Lipinski definition) is 0. The van der Waals surface area contributed by atoms with Gasteiger partial charge >= 0.3 is 0 Å². The van der Waals surface area contributed by atoms with E-state index < -0.39 is 0 Å². The minimum atomic E-state index is 0.0370. The average Bonchev–Trinajstić information content (AvgIpc) is 3.53. The van der Waals surface area contributed by atoms with Crippen molar-refractivity contribution in [2.24, 2.45) is 0 Å². The zero-order valence-corrected chi connectivity index (χ0v) is 20.9. The lowest BCUT2D eigenvalue weighted by atomic mass is 10.1. The number of carbonyl (C=O) groups excluding carboxylic acids is 2. The average molecular weight is 487 g/mol. The fraction of sp³-hybridized carbons (Fsp3) is 0.429. The second-order valence-corrected chi connectivity index (χ2v) is 9.83. The first-order valence-electron chi connectivity index (χ1n) is 12.8. The van der Waals surface area contributed by atoms with Gasteiger partial charge in [-0.3, -0.25) is 19.5 Å². The molecule has 0 spiro atoms. The Hall–Kier alpha value is -3.52. The van der Waals surface area contributed by atoms with Crippen LogP contribution in [0.15, 0.2) is 67.5 Å². The van der Waals surface area contributed by atoms with Gasteiger partial charge < -0.3 is 14.4 Å². The van der Waals surface area contributed by atoms with E-state index in [1.54, 1.807) is 19.4 Å². The summed E-state index contributed by atoms with van der Waals surface area (Å²) >= 11 is 0. The van der Waals surface area contributed by atoms with Crippen LogP contribution in [0, 0.1) is 0 Å². The number of fused-ring (bicyclic) bond motifs is 3. The lowest BCUT2D eigenvalue weighted by molar-refractivity contribution is -0.133. The molecule has 1 aromatic carbocycles. The topological polar surface area (TPSA) is 74.6 Å². The number of pyridine rings is 1. The van der Waals surface area contributed by atoms with Crippen molar-refractivity contribution < 1.29 is 9.59 Å². The lowest BCUT2D eigenvalue weighted by Gasteiger charge is -2.34. The zero-order valence-electron chi connectivity index (χ0n) is 20.9. The summed E-state index contributed by atoms with van der Waals surface area (Å²) in [5.74, 6) is 0.161. The number of aromatic nitrogens is 3. The number of hydrogen-bond acceptors (Lipinski definition) is 5. The van der Waals surface area contributed by atoms with E-state index in [0.29, 0.717) is 38.6 Å². The van der Waals surface area contributed by atoms with Gasteiger partial charge in [-0.05, 0) is 48.6 Å². The number of rotatable bonds is 5. The van der Waals surface area contributed by atoms with Crippen molar-refractivity contribution in [1.29, 1.82) is 0 Å². The number of carbonyl (C=O) groups is 2. The first-order chi connectivity index (χ1) is 17.6. The van der Waals surface area contributed by atoms with E-state index in [1.807, 2.05) is 57.2 Å². The van der Waals surface area contributed by atoms with E-state index in [4.69, 9.17) is 0 Å². The van der Waals surface area contributed by atoms with Gasteiger partial charge in [-0.1, -0.05) is 18.2 Å². The van der Waals surface area contributed by atoms with E-state index in [1.165, 1.54) is 5.56 Å². The number of anilines is 1. The maximum Gasteiger partial charge on any atom is 0.224 e. The summed E-state index contributed by atoms with van der Waals surface area (Å²) in [6.45, 7) is 4.90. The molecule has 0 aliphatic carbocycles. The highest BCUT2D eigenvalue weighted by Crippen LogP contribution is 2.32. The summed E-state index contributed by atoms with van der Waals surface area (Å²) in [5.41, 5.74) is 3.15. The van der Waals surface area contributed by atoms with Gasteiger partial charge in [-0.15, -0.1) is 0 Å². The Labute approximate surface area is 212 Å². The largest absolute Gasteiger partial charge is 0.337 e. The Morgan fingerprint density at radius 1 is 0.972 bits per heavy atom. The van der Waals surface area contributed by atoms with Crippen molar-refractivity contribution >= 4 is 17.5 Å². The number of para-hydroxylation sites is 1. The molecule has 2 aliphatic rings. The molecule has 1 fully saturated rings. The second kappa shape index (κ2) is 11.0. The predicted molar refractivity (Wildman–Crippen MR) is 138 cm³/mol. The van der Waals surface area contributed by atoms with Crippen LogP contribution in [0.5, 0.6) is 0 Å². The van der Waals surface area contributed by atoms with E-state index >= 15 is 0 Å². The molecular weight excluding hydrogens is 452 g/mol. The quantitative estimate of drug-likeness (QED) is 0.552. The molecule has 0 N–H and O–H groups in total. The molecule has 2 unspecified atom stereocenters. The number of nitrogens with zero attached hydrogens (tertiary/aromatic N) is 6. The lowest BCUT2D eigenvalue weighted by Crippen LogP contribution is -2.45. The Balaban J connectivity index is 1.46. The molecular formula is C28H34N6O2. The van der Waals surface area contributed by atoms with Gasteiger partial charge in [0.1, 0.15) is 0 Å². The molecule has 4 heterocycles. The van der Waals surface area contributed by atoms with E-state index in [-0.39, 0.29) is 17.9 Å². The SMILES string of the molecule is CC(=O)N1CCC2CCC(CN(C(=O)CCn3ccnc3)Cc3ccccc31)N2Cc1ccncc1. The number of benzene rings is 1. The number of imidazole rings is 1. The fourth-order valence-electron chi connectivity index (χ4n) is 5.63. The molecule has 2 aromatic heterocycles. The van der Waals surface area contributed by atoms with Gasteiger partial charge in [0.15, 0.2) is 0 Å². The summed E-state index contributed by atoms with van der Waals surface area (Å²) in [4.78, 5) is 41.1. The van der Waals surface area contributed by atoms with Crippen LogP contribution in [-0.4, -0.2) is 61.3 Å². The van der Waals surface area contributed by atoms with Crippen LogP contribution < -0.4 is 4.90 Å². The van der Waals surface area contributed by atoms with Gasteiger partial charge in [-0.25, -0.2) is 4.98 Å². The summed E-state index contributed by atoms with van der Waals surface area (Å²) in [6, 6.07) is 12.8. The van der Waals surface area contributed by atoms with Crippen molar-refractivity contribution in [3.63, 3.8) is 0 Å². The van der Waals surface area contributed by atoms with Crippen molar-refractivity contribution in [3.05, 3.63) is 78.6 Å². The van der Waals surface area contributed by atoms with Crippen molar-refractivity contribution in [1.82, 2.24) is 24.3 Å². The third kappa shape index (κ3) is 5.49. The Morgan fingerprint density at radius 2 is 1.78 bits per heavy atom. The van der Waals surface area contributed by atoms with Crippen LogP contribution >= 0.6 is 0 Å². The first-order valence-corrected chi connectivity index (χ1v) is 12.8. The maximum atomic E-state index is 13.6. The highest BCUT2D eigenvalue weighted by Gasteiger charge is 2.36. The van der Waals surface area contributed by atoms with Gasteiger partial charge in [0.05, 0.1) is 6.33 Å². The van der Waals surface area contributed by atoms with Crippen LogP contribution in [0.2, 0.25) is 0 Å². The van der Waals surface area contributed by atoms with Crippen LogP contribution in [-0.2, 0) is 29.2 Å². The highest BCUT2D eigenvalue weighted by molar-refractivity contribution is 5.92. The second-order valence-electron chi connectivity index (χ2n) is 9.83. The van der Waals surface area contributed by atoms with Crippen molar-refractivity contribution in [2.75, 3.05) is 18.0 Å². The summed E-state index contributed by atoms with van der Waals surface area (Å²) in [6.07, 6.45) is 12.5. The minimum Gasteiger partial charge on any atom is -0.337 e. The molecule has 2 aliphatic heterocycles. The van der Waals surface area contributed by atoms with Gasteiger partial charge in [0.25, 0.3) is 0 Å². The van der Waals surface area contributed by atoms with Crippen molar-refractivity contribution in [2.45, 2.75) is 64.3 Å². The number of aryl methyl sites for hydroxylation is 1. The molecule has 0 radical (unpaired) electrons. The Morgan fingerprint density at radius 3 is 2.56 bits per heavy atom. The molecule has 1 saturated heterocycles. The van der Waals surface area contributed by atoms with Crippen LogP contribution in [0.25, 0.3) is 0 Å². The van der Waals surface area contributed by atoms with E-state index in [0.717, 1.165) is 37.1 Å². The first kappa shape index (κ1) is 24.2. The van der Waals surface area contributed by atoms with Gasteiger partial charge in [-0.2, -0.15) is 0 Å². The van der Waals surface area contributed by atoms with Gasteiger partial charge in [0, 0.05) is 88.6 Å². The summed E-state index contributed by atoms with van der Waals surface area (Å²) in [5, 5.41) is 0. The predicted octanol–water partition coefficient (Wildman–Crippen LogP) is 3.49. The normalized spacial score (nSPS) is 20.6. The molecule has 0 saturated carbocycles. The van der Waals surface area contributed by atoms with Gasteiger partial charge in [0.2, 0.25) is 11.8 Å². The maximum absolute atomic E-state index is 13.6. The van der Waals surface area contributed by atoms with Crippen LogP contribution in [0.4, 0.5) is 5.69 Å². The third-order valence-corrected chi connectivity index (χ3v) is 7.52. The Kier molecular flexibility index (Phi) is 7.41. The van der Waals surface area contributed by atoms with E-state index in [2.05, 4.69) is 27.0 Å². The molecule has 8 heteroatoms. The monoisotopic (exact) mass is 486 g/mol. The summed E-state index contributed by atoms with van der Waals surface area (Å²) in [7, 11) is 0. The molecule has 2 atom stereocenters. The molecule has 2 bridgehead atoms. The van der Waals surface area contributed by atoms with Crippen LogP contribution in [0.3, 0.4) is 0 Å². The molecule has 8 nitrogen and oxygen atoms in total. The molecule has 36 heavy (non-hydrogen) atoms. The molecule has 5 rings (SSSR count). The van der Waals surface area contributed by atoms with E-state index in [9.17, 15) is 9.59 Å². The highest BCUT2D eigenvalue weighted by atomic mass is 16.2. The molecule has 188 valence electrons. The zero-order chi connectivity index (χ0) is 24.9. The Bertz CT molecular complexity index is 1170.